The Bertz CT molecular complexity index is 181. The van der Waals surface area contributed by atoms with Crippen molar-refractivity contribution in [2.75, 3.05) is 0 Å². The van der Waals surface area contributed by atoms with Gasteiger partial charge in [-0.25, -0.2) is 0 Å². The minimum absolute atomic E-state index is 0.124. The van der Waals surface area contributed by atoms with E-state index in [9.17, 15) is 0 Å². The second-order valence-electron chi connectivity index (χ2n) is 2.17. The molecule has 0 bridgehead atoms. The van der Waals surface area contributed by atoms with Crippen LogP contribution in [0.5, 0.6) is 0 Å². The van der Waals surface area contributed by atoms with E-state index in [2.05, 4.69) is 4.74 Å². The number of benzene rings is 1. The van der Waals surface area contributed by atoms with Crippen molar-refractivity contribution < 1.29 is 4.74 Å². The summed E-state index contributed by atoms with van der Waals surface area (Å²) in [5.74, 6) is 0. The average Bonchev–Trinajstić information content (AvgIpc) is 2.05. The third kappa shape index (κ3) is 1.58. The van der Waals surface area contributed by atoms with Gasteiger partial charge in [0.25, 0.3) is 0 Å². The molecule has 0 aliphatic carbocycles. The van der Waals surface area contributed by atoms with Gasteiger partial charge in [-0.1, -0.05) is 30.3 Å². The number of rotatable bonds is 2. The Morgan fingerprint density at radius 3 is 2.40 bits per heavy atom. The molecule has 1 unspecified atom stereocenters. The maximum atomic E-state index is 6.65. The molecule has 0 aliphatic rings. The summed E-state index contributed by atoms with van der Waals surface area (Å²) in [5.41, 5.74) is 1.04. The molecule has 0 saturated heterocycles. The van der Waals surface area contributed by atoms with Gasteiger partial charge >= 0.3 is 0 Å². The van der Waals surface area contributed by atoms with Gasteiger partial charge in [0.2, 0.25) is 0 Å². The van der Waals surface area contributed by atoms with E-state index in [-0.39, 0.29) is 6.10 Å². The second kappa shape index (κ2) is 3.37. The first-order valence-electron chi connectivity index (χ1n) is 3.22. The van der Waals surface area contributed by atoms with Gasteiger partial charge in [0, 0.05) is 0 Å². The molecule has 0 heterocycles. The van der Waals surface area contributed by atoms with Crippen molar-refractivity contribution in [3.63, 3.8) is 0 Å². The smallest absolute Gasteiger partial charge is 0.174 e. The molecule has 1 nitrogen and oxygen atoms in total. The van der Waals surface area contributed by atoms with Crippen LogP contribution >= 0.6 is 0 Å². The molecule has 1 aromatic carbocycles. The summed E-state index contributed by atoms with van der Waals surface area (Å²) in [6.07, 6.45) is -0.124. The van der Waals surface area contributed by atoms with E-state index in [1.165, 1.54) is 0 Å². The van der Waals surface area contributed by atoms with Gasteiger partial charge in [0.1, 0.15) is 0 Å². The summed E-state index contributed by atoms with van der Waals surface area (Å²) in [6, 6.07) is 9.70. The lowest BCUT2D eigenvalue weighted by Gasteiger charge is -2.06. The summed E-state index contributed by atoms with van der Waals surface area (Å²) in [4.78, 5) is 0. The van der Waals surface area contributed by atoms with Gasteiger partial charge in [0.15, 0.2) is 7.11 Å². The van der Waals surface area contributed by atoms with Gasteiger partial charge in [0.05, 0.1) is 6.10 Å². The number of hydrogen-bond acceptors (Lipinski definition) is 1. The fourth-order valence-corrected chi connectivity index (χ4v) is 0.792. The van der Waals surface area contributed by atoms with Crippen LogP contribution in [0.2, 0.25) is 0 Å². The molecule has 1 rings (SSSR count). The third-order valence-electron chi connectivity index (χ3n) is 1.45. The predicted molar refractivity (Wildman–Crippen MR) is 39.2 cm³/mol. The van der Waals surface area contributed by atoms with E-state index in [0.29, 0.717) is 0 Å². The fraction of sp³-hybridized carbons (Fsp3) is 0.222. The Morgan fingerprint density at radius 2 is 1.90 bits per heavy atom. The first-order chi connectivity index (χ1) is 4.84. The third-order valence-corrected chi connectivity index (χ3v) is 1.45. The quantitative estimate of drug-likeness (QED) is 0.601. The molecule has 0 N–H and O–H groups in total. The Labute approximate surface area is 61.6 Å². The topological polar surface area (TPSA) is 9.23 Å². The highest BCUT2D eigenvalue weighted by molar-refractivity contribution is 5.16. The zero-order chi connectivity index (χ0) is 7.40. The summed E-state index contributed by atoms with van der Waals surface area (Å²) < 4.78 is 4.39. The fourth-order valence-electron chi connectivity index (χ4n) is 0.792. The van der Waals surface area contributed by atoms with Crippen molar-refractivity contribution >= 4 is 0 Å². The van der Waals surface area contributed by atoms with Crippen molar-refractivity contribution in [2.45, 2.75) is 13.0 Å². The van der Waals surface area contributed by atoms with Gasteiger partial charge < -0.3 is 4.74 Å². The normalized spacial score (nSPS) is 13.0. The molecule has 1 heteroatoms. The second-order valence-corrected chi connectivity index (χ2v) is 2.17. The van der Waals surface area contributed by atoms with Crippen molar-refractivity contribution in [1.29, 1.82) is 0 Å². The Hall–Kier alpha value is -0.820. The van der Waals surface area contributed by atoms with E-state index >= 15 is 0 Å². The van der Waals surface area contributed by atoms with E-state index in [0.717, 1.165) is 5.56 Å². The molecule has 51 valence electrons. The van der Waals surface area contributed by atoms with Gasteiger partial charge in [-0.2, -0.15) is 0 Å². The average molecular weight is 133 g/mol. The first kappa shape index (κ1) is 7.29. The van der Waals surface area contributed by atoms with Gasteiger partial charge in [-0.15, -0.1) is 0 Å². The van der Waals surface area contributed by atoms with Crippen molar-refractivity contribution in [3.05, 3.63) is 43.0 Å². The van der Waals surface area contributed by atoms with Crippen LogP contribution in [-0.4, -0.2) is 0 Å². The molecule has 0 spiro atoms. The lowest BCUT2D eigenvalue weighted by Crippen LogP contribution is -1.92. The van der Waals surface area contributed by atoms with Crippen LogP contribution in [0.3, 0.4) is 0 Å². The van der Waals surface area contributed by atoms with Crippen molar-refractivity contribution in [1.82, 2.24) is 0 Å². The van der Waals surface area contributed by atoms with E-state index < -0.39 is 0 Å². The Morgan fingerprint density at radius 1 is 1.30 bits per heavy atom. The highest BCUT2D eigenvalue weighted by Crippen LogP contribution is 2.14. The Balaban J connectivity index is 2.75. The molecule has 0 aromatic heterocycles. The molecule has 0 amide bonds. The minimum Gasteiger partial charge on any atom is -0.357 e. The minimum atomic E-state index is -0.124. The first-order valence-corrected chi connectivity index (χ1v) is 3.22. The van der Waals surface area contributed by atoms with Crippen LogP contribution in [0.4, 0.5) is 0 Å². The molecule has 1 atom stereocenters. The lowest BCUT2D eigenvalue weighted by molar-refractivity contribution is 0.157. The number of hydrogen-bond donors (Lipinski definition) is 0. The largest absolute Gasteiger partial charge is 0.357 e. The molecule has 10 heavy (non-hydrogen) atoms. The Kier molecular flexibility index (Phi) is 2.46. The van der Waals surface area contributed by atoms with Crippen LogP contribution in [-0.2, 0) is 4.74 Å². The van der Waals surface area contributed by atoms with E-state index in [4.69, 9.17) is 7.11 Å². The van der Waals surface area contributed by atoms with Crippen LogP contribution in [0.25, 0.3) is 0 Å². The summed E-state index contributed by atoms with van der Waals surface area (Å²) in [5, 5.41) is 0. The molecule has 3 radical (unpaired) electrons. The van der Waals surface area contributed by atoms with Crippen molar-refractivity contribution in [3.8, 4) is 0 Å². The molecular formula is C9H9O. The molecule has 0 fully saturated rings. The highest BCUT2D eigenvalue weighted by atomic mass is 16.5. The van der Waals surface area contributed by atoms with Gasteiger partial charge in [-0.05, 0) is 12.5 Å². The van der Waals surface area contributed by atoms with Gasteiger partial charge in [-0.3, -0.25) is 0 Å². The standard InChI is InChI=1S/C9H9O/c1-8(10-2)9-6-4-3-5-7-9/h3-8H,1H3. The van der Waals surface area contributed by atoms with Crippen molar-refractivity contribution in [2.24, 2.45) is 0 Å². The van der Waals surface area contributed by atoms with Crippen LogP contribution in [0.15, 0.2) is 30.3 Å². The van der Waals surface area contributed by atoms with Crippen LogP contribution < -0.4 is 0 Å². The molecule has 1 aromatic rings. The molecule has 0 saturated carbocycles. The SMILES string of the molecule is [C]OC(C)c1ccccc1. The highest BCUT2D eigenvalue weighted by Gasteiger charge is 2.00. The lowest BCUT2D eigenvalue weighted by atomic mass is 10.1. The summed E-state index contributed by atoms with van der Waals surface area (Å²) >= 11 is 0. The summed E-state index contributed by atoms with van der Waals surface area (Å²) in [7, 11) is 6.65. The zero-order valence-electron chi connectivity index (χ0n) is 5.87. The maximum absolute atomic E-state index is 6.65. The monoisotopic (exact) mass is 133 g/mol. The van der Waals surface area contributed by atoms with E-state index in [1.54, 1.807) is 0 Å². The van der Waals surface area contributed by atoms with E-state index in [1.807, 2.05) is 37.3 Å². The predicted octanol–water partition coefficient (Wildman–Crippen LogP) is 2.31. The molecular weight excluding hydrogens is 124 g/mol. The summed E-state index contributed by atoms with van der Waals surface area (Å²) in [6.45, 7) is 1.85. The zero-order valence-corrected chi connectivity index (χ0v) is 5.87. The molecule has 0 aliphatic heterocycles. The van der Waals surface area contributed by atoms with Crippen LogP contribution in [0.1, 0.15) is 18.6 Å². The number of ether oxygens (including phenoxy) is 1. The van der Waals surface area contributed by atoms with Crippen LogP contribution in [0, 0.1) is 7.11 Å². The maximum Gasteiger partial charge on any atom is 0.174 e.